The second kappa shape index (κ2) is 5.37. The van der Waals surface area contributed by atoms with Gasteiger partial charge in [0, 0.05) is 6.07 Å². The largest absolute Gasteiger partial charge is 0.497 e. The van der Waals surface area contributed by atoms with Crippen molar-refractivity contribution in [1.82, 2.24) is 0 Å². The smallest absolute Gasteiger partial charge is 0.323 e. The fraction of sp³-hybridized carbons (Fsp3) is 0.467. The number of esters is 1. The van der Waals surface area contributed by atoms with Crippen molar-refractivity contribution in [2.75, 3.05) is 18.7 Å². The van der Waals surface area contributed by atoms with Crippen molar-refractivity contribution in [3.05, 3.63) is 23.8 Å². The number of amides is 1. The van der Waals surface area contributed by atoms with E-state index < -0.39 is 17.5 Å². The minimum absolute atomic E-state index is 0.00169. The van der Waals surface area contributed by atoms with Gasteiger partial charge in [0.05, 0.1) is 19.5 Å². The zero-order chi connectivity index (χ0) is 15.8. The number of methoxy groups -OCH3 is 1. The normalized spacial score (nSPS) is 17.7. The zero-order valence-electron chi connectivity index (χ0n) is 12.7. The van der Waals surface area contributed by atoms with Crippen molar-refractivity contribution in [1.29, 1.82) is 0 Å². The third-order valence-corrected chi connectivity index (χ3v) is 3.18. The molecular formula is C15H20N2O4. The van der Waals surface area contributed by atoms with Crippen molar-refractivity contribution in [3.8, 4) is 5.75 Å². The maximum atomic E-state index is 12.4. The molecule has 2 rings (SSSR count). The lowest BCUT2D eigenvalue weighted by molar-refractivity contribution is -0.158. The van der Waals surface area contributed by atoms with Crippen molar-refractivity contribution >= 4 is 17.6 Å². The predicted molar refractivity (Wildman–Crippen MR) is 78.1 cm³/mol. The first-order valence-corrected chi connectivity index (χ1v) is 6.70. The molecule has 0 spiro atoms. The Morgan fingerprint density at radius 3 is 2.57 bits per heavy atom. The van der Waals surface area contributed by atoms with E-state index in [0.29, 0.717) is 17.0 Å². The number of carbonyl (C=O) groups is 2. The van der Waals surface area contributed by atoms with Gasteiger partial charge in [0.15, 0.2) is 5.92 Å². The average molecular weight is 292 g/mol. The molecule has 1 aliphatic heterocycles. The summed E-state index contributed by atoms with van der Waals surface area (Å²) in [5, 5.41) is 0. The number of hydrogen-bond donors (Lipinski definition) is 1. The Balaban J connectivity index is 2.42. The topological polar surface area (TPSA) is 81.9 Å². The molecule has 0 aliphatic carbocycles. The minimum Gasteiger partial charge on any atom is -0.497 e. The number of carbonyl (C=O) groups excluding carboxylic acids is 2. The Bertz CT molecular complexity index is 578. The molecule has 1 aromatic carbocycles. The number of anilines is 1. The van der Waals surface area contributed by atoms with Crippen LogP contribution in [0, 0.1) is 0 Å². The molecule has 0 aromatic heterocycles. The molecule has 2 N–H and O–H groups in total. The first-order chi connectivity index (χ1) is 9.78. The van der Waals surface area contributed by atoms with Crippen LogP contribution in [-0.2, 0) is 14.3 Å². The maximum Gasteiger partial charge on any atom is 0.323 e. The Labute approximate surface area is 123 Å². The molecule has 0 fully saturated rings. The van der Waals surface area contributed by atoms with Crippen LogP contribution in [0.3, 0.4) is 0 Å². The molecule has 1 aromatic rings. The van der Waals surface area contributed by atoms with Gasteiger partial charge in [0.1, 0.15) is 11.4 Å². The Kier molecular flexibility index (Phi) is 3.91. The van der Waals surface area contributed by atoms with E-state index in [-0.39, 0.29) is 12.6 Å². The molecule has 6 heteroatoms. The lowest BCUT2D eigenvalue weighted by Gasteiger charge is -2.22. The standard InChI is InChI=1S/C15H20N2O4/c1-15(2,3)21-14(19)12-10-6-5-9(20-4)7-11(10)17(8-16)13(12)18/h5-7,12H,8,16H2,1-4H3. The van der Waals surface area contributed by atoms with Crippen LogP contribution in [0.25, 0.3) is 0 Å². The van der Waals surface area contributed by atoms with Crippen molar-refractivity contribution in [2.24, 2.45) is 5.73 Å². The van der Waals surface area contributed by atoms with Gasteiger partial charge in [-0.05, 0) is 32.4 Å². The van der Waals surface area contributed by atoms with Crippen molar-refractivity contribution in [3.63, 3.8) is 0 Å². The van der Waals surface area contributed by atoms with Gasteiger partial charge >= 0.3 is 5.97 Å². The van der Waals surface area contributed by atoms with E-state index in [1.807, 2.05) is 0 Å². The number of benzene rings is 1. The molecule has 1 amide bonds. The SMILES string of the molecule is COc1ccc2c(c1)N(CN)C(=O)C2C(=O)OC(C)(C)C. The molecule has 6 nitrogen and oxygen atoms in total. The Morgan fingerprint density at radius 2 is 2.05 bits per heavy atom. The molecular weight excluding hydrogens is 272 g/mol. The minimum atomic E-state index is -0.964. The fourth-order valence-corrected chi connectivity index (χ4v) is 2.31. The summed E-state index contributed by atoms with van der Waals surface area (Å²) in [4.78, 5) is 26.1. The molecule has 1 aliphatic rings. The number of nitrogens with zero attached hydrogens (tertiary/aromatic N) is 1. The van der Waals surface area contributed by atoms with E-state index in [4.69, 9.17) is 15.2 Å². The van der Waals surface area contributed by atoms with Crippen molar-refractivity contribution < 1.29 is 19.1 Å². The van der Waals surface area contributed by atoms with Crippen LogP contribution in [-0.4, -0.2) is 31.3 Å². The second-order valence-electron chi connectivity index (χ2n) is 5.84. The van der Waals surface area contributed by atoms with Crippen LogP contribution in [0.4, 0.5) is 5.69 Å². The van der Waals surface area contributed by atoms with Crippen LogP contribution in [0.2, 0.25) is 0 Å². The highest BCUT2D eigenvalue weighted by atomic mass is 16.6. The van der Waals surface area contributed by atoms with E-state index in [2.05, 4.69) is 0 Å². The van der Waals surface area contributed by atoms with E-state index in [1.165, 1.54) is 12.0 Å². The second-order valence-corrected chi connectivity index (χ2v) is 5.84. The highest BCUT2D eigenvalue weighted by Crippen LogP contribution is 2.40. The van der Waals surface area contributed by atoms with E-state index >= 15 is 0 Å². The summed E-state index contributed by atoms with van der Waals surface area (Å²) in [6.45, 7) is 5.29. The molecule has 0 saturated heterocycles. The fourth-order valence-electron chi connectivity index (χ4n) is 2.31. The molecule has 1 unspecified atom stereocenters. The van der Waals surface area contributed by atoms with Gasteiger partial charge < -0.3 is 15.2 Å². The molecule has 1 heterocycles. The Morgan fingerprint density at radius 1 is 1.38 bits per heavy atom. The van der Waals surface area contributed by atoms with Gasteiger partial charge in [-0.2, -0.15) is 0 Å². The molecule has 114 valence electrons. The first kappa shape index (κ1) is 15.3. The van der Waals surface area contributed by atoms with Gasteiger partial charge in [0.2, 0.25) is 5.91 Å². The summed E-state index contributed by atoms with van der Waals surface area (Å²) in [7, 11) is 1.54. The molecule has 21 heavy (non-hydrogen) atoms. The highest BCUT2D eigenvalue weighted by Gasteiger charge is 2.43. The van der Waals surface area contributed by atoms with E-state index in [9.17, 15) is 9.59 Å². The average Bonchev–Trinajstić information content (AvgIpc) is 2.67. The van der Waals surface area contributed by atoms with Crippen LogP contribution >= 0.6 is 0 Å². The van der Waals surface area contributed by atoms with Crippen LogP contribution in [0.1, 0.15) is 32.3 Å². The van der Waals surface area contributed by atoms with Crippen molar-refractivity contribution in [2.45, 2.75) is 32.3 Å². The highest BCUT2D eigenvalue weighted by molar-refractivity contribution is 6.16. The van der Waals surface area contributed by atoms with Gasteiger partial charge in [-0.15, -0.1) is 0 Å². The first-order valence-electron chi connectivity index (χ1n) is 6.70. The lowest BCUT2D eigenvalue weighted by Crippen LogP contribution is -2.37. The summed E-state index contributed by atoms with van der Waals surface area (Å²) < 4.78 is 10.5. The third kappa shape index (κ3) is 2.85. The van der Waals surface area contributed by atoms with Gasteiger partial charge in [-0.3, -0.25) is 14.5 Å². The lowest BCUT2D eigenvalue weighted by atomic mass is 10.0. The number of hydrogen-bond acceptors (Lipinski definition) is 5. The Hall–Kier alpha value is -2.08. The van der Waals surface area contributed by atoms with Gasteiger partial charge in [-0.1, -0.05) is 6.07 Å². The van der Waals surface area contributed by atoms with Crippen LogP contribution in [0.5, 0.6) is 5.75 Å². The maximum absolute atomic E-state index is 12.4. The monoisotopic (exact) mass is 292 g/mol. The molecule has 1 atom stereocenters. The zero-order valence-corrected chi connectivity index (χ0v) is 12.7. The van der Waals surface area contributed by atoms with Crippen LogP contribution in [0.15, 0.2) is 18.2 Å². The number of ether oxygens (including phenoxy) is 2. The summed E-state index contributed by atoms with van der Waals surface area (Å²) in [5.74, 6) is -1.29. The van der Waals surface area contributed by atoms with Gasteiger partial charge in [-0.25, -0.2) is 0 Å². The summed E-state index contributed by atoms with van der Waals surface area (Å²) in [5.41, 5.74) is 6.17. The molecule has 0 saturated carbocycles. The van der Waals surface area contributed by atoms with E-state index in [0.717, 1.165) is 0 Å². The van der Waals surface area contributed by atoms with Gasteiger partial charge in [0.25, 0.3) is 0 Å². The number of rotatable bonds is 3. The number of nitrogens with two attached hydrogens (primary N) is 1. The summed E-state index contributed by atoms with van der Waals surface area (Å²) in [6.07, 6.45) is 0. The van der Waals surface area contributed by atoms with Crippen LogP contribution < -0.4 is 15.4 Å². The summed E-state index contributed by atoms with van der Waals surface area (Å²) in [6, 6.07) is 5.12. The third-order valence-electron chi connectivity index (χ3n) is 3.18. The molecule has 0 bridgehead atoms. The number of fused-ring (bicyclic) bond motifs is 1. The predicted octanol–water partition coefficient (Wildman–Crippen LogP) is 1.38. The van der Waals surface area contributed by atoms with E-state index in [1.54, 1.807) is 39.0 Å². The summed E-state index contributed by atoms with van der Waals surface area (Å²) >= 11 is 0. The molecule has 0 radical (unpaired) electrons. The quantitative estimate of drug-likeness (QED) is 0.672.